The number of carbonyl (C=O) groups excluding carboxylic acids is 1. The van der Waals surface area contributed by atoms with Crippen LogP contribution in [0.15, 0.2) is 79.1 Å². The monoisotopic (exact) mass is 373 g/mol. The Morgan fingerprint density at radius 3 is 2.68 bits per heavy atom. The van der Waals surface area contributed by atoms with E-state index >= 15 is 0 Å². The van der Waals surface area contributed by atoms with Crippen molar-refractivity contribution in [1.82, 2.24) is 20.0 Å². The van der Waals surface area contributed by atoms with E-state index < -0.39 is 12.6 Å². The first-order valence-electron chi connectivity index (χ1n) is 8.64. The van der Waals surface area contributed by atoms with Gasteiger partial charge in [-0.1, -0.05) is 41.6 Å². The summed E-state index contributed by atoms with van der Waals surface area (Å²) < 4.78 is 14.3. The molecular weight excluding hydrogens is 357 g/mol. The standard InChI is InChI=1S/C21H16FN5O/c22-13-21(28)24-18-9-2-1-8-17(18)15-6-5-7-16(12-15)27-14-20(25-26-27)19-10-3-4-11-23-19/h1-12,14H,13H2,(H,24,28). The SMILES string of the molecule is O=C(CF)Nc1ccccc1-c1cccc(-n2cc(-c3ccccn3)nn2)c1. The normalized spacial score (nSPS) is 10.6. The van der Waals surface area contributed by atoms with E-state index in [1.54, 1.807) is 29.2 Å². The molecule has 2 aromatic heterocycles. The highest BCUT2D eigenvalue weighted by Crippen LogP contribution is 2.29. The first-order chi connectivity index (χ1) is 13.7. The van der Waals surface area contributed by atoms with Crippen LogP contribution in [0.3, 0.4) is 0 Å². The third kappa shape index (κ3) is 3.64. The third-order valence-corrected chi connectivity index (χ3v) is 4.16. The fourth-order valence-electron chi connectivity index (χ4n) is 2.87. The first kappa shape index (κ1) is 17.5. The molecule has 0 radical (unpaired) electrons. The van der Waals surface area contributed by atoms with E-state index in [-0.39, 0.29) is 0 Å². The second-order valence-corrected chi connectivity index (χ2v) is 6.04. The molecule has 0 aliphatic heterocycles. The minimum absolute atomic E-state index is 0.551. The molecule has 0 aliphatic rings. The molecule has 1 N–H and O–H groups in total. The van der Waals surface area contributed by atoms with E-state index in [1.165, 1.54) is 0 Å². The van der Waals surface area contributed by atoms with Gasteiger partial charge in [-0.3, -0.25) is 9.78 Å². The molecule has 0 bridgehead atoms. The Balaban J connectivity index is 1.68. The highest BCUT2D eigenvalue weighted by Gasteiger charge is 2.10. The fraction of sp³-hybridized carbons (Fsp3) is 0.0476. The van der Waals surface area contributed by atoms with Crippen LogP contribution in [0.25, 0.3) is 28.2 Å². The molecule has 28 heavy (non-hydrogen) atoms. The zero-order valence-electron chi connectivity index (χ0n) is 14.8. The van der Waals surface area contributed by atoms with Crippen LogP contribution in [0.1, 0.15) is 0 Å². The third-order valence-electron chi connectivity index (χ3n) is 4.16. The summed E-state index contributed by atoms with van der Waals surface area (Å²) in [5.74, 6) is -0.681. The van der Waals surface area contributed by atoms with Crippen LogP contribution in [-0.4, -0.2) is 32.6 Å². The molecule has 1 amide bonds. The van der Waals surface area contributed by atoms with Crippen molar-refractivity contribution in [2.45, 2.75) is 0 Å². The maximum atomic E-state index is 12.6. The summed E-state index contributed by atoms with van der Waals surface area (Å²) in [7, 11) is 0. The Bertz CT molecular complexity index is 1110. The molecule has 0 unspecified atom stereocenters. The zero-order valence-corrected chi connectivity index (χ0v) is 14.8. The summed E-state index contributed by atoms with van der Waals surface area (Å²) in [6, 6.07) is 20.5. The average Bonchev–Trinajstić information content (AvgIpc) is 3.25. The van der Waals surface area contributed by atoms with Crippen molar-refractivity contribution < 1.29 is 9.18 Å². The number of halogens is 1. The van der Waals surface area contributed by atoms with Crippen molar-refractivity contribution in [1.29, 1.82) is 0 Å². The van der Waals surface area contributed by atoms with Gasteiger partial charge >= 0.3 is 0 Å². The number of pyridine rings is 1. The van der Waals surface area contributed by atoms with Crippen LogP contribution >= 0.6 is 0 Å². The first-order valence-corrected chi connectivity index (χ1v) is 8.64. The van der Waals surface area contributed by atoms with Crippen LogP contribution in [0, 0.1) is 0 Å². The Kier molecular flexibility index (Phi) is 4.88. The number of benzene rings is 2. The van der Waals surface area contributed by atoms with E-state index in [2.05, 4.69) is 20.6 Å². The predicted octanol–water partition coefficient (Wildman–Crippen LogP) is 3.90. The molecule has 7 heteroatoms. The number of carbonyl (C=O) groups is 1. The van der Waals surface area contributed by atoms with Crippen LogP contribution in [0.2, 0.25) is 0 Å². The lowest BCUT2D eigenvalue weighted by Gasteiger charge is -2.11. The van der Waals surface area contributed by atoms with Crippen LogP contribution in [-0.2, 0) is 4.79 Å². The van der Waals surface area contributed by atoms with E-state index in [0.717, 1.165) is 22.5 Å². The minimum Gasteiger partial charge on any atom is -0.323 e. The number of aromatic nitrogens is 4. The van der Waals surface area contributed by atoms with Gasteiger partial charge < -0.3 is 5.32 Å². The van der Waals surface area contributed by atoms with E-state index in [0.29, 0.717) is 11.4 Å². The van der Waals surface area contributed by atoms with Gasteiger partial charge in [0.15, 0.2) is 6.67 Å². The summed E-state index contributed by atoms with van der Waals surface area (Å²) in [6.07, 6.45) is 3.51. The van der Waals surface area contributed by atoms with Crippen molar-refractivity contribution in [3.05, 3.63) is 79.1 Å². The molecule has 2 heterocycles. The number of amides is 1. The molecule has 0 saturated heterocycles. The van der Waals surface area contributed by atoms with Gasteiger partial charge in [0.05, 0.1) is 17.6 Å². The molecule has 0 saturated carbocycles. The fourth-order valence-corrected chi connectivity index (χ4v) is 2.87. The van der Waals surface area contributed by atoms with Gasteiger partial charge in [0.25, 0.3) is 5.91 Å². The Morgan fingerprint density at radius 1 is 1.00 bits per heavy atom. The molecule has 2 aromatic carbocycles. The van der Waals surface area contributed by atoms with Crippen molar-refractivity contribution in [2.75, 3.05) is 12.0 Å². The van der Waals surface area contributed by atoms with E-state index in [9.17, 15) is 9.18 Å². The highest BCUT2D eigenvalue weighted by molar-refractivity contribution is 5.96. The molecule has 0 fully saturated rings. The number of hydrogen-bond donors (Lipinski definition) is 1. The van der Waals surface area contributed by atoms with Crippen LogP contribution in [0.5, 0.6) is 0 Å². The lowest BCUT2D eigenvalue weighted by molar-refractivity contribution is -0.117. The lowest BCUT2D eigenvalue weighted by Crippen LogP contribution is -2.13. The number of alkyl halides is 1. The van der Waals surface area contributed by atoms with Crippen molar-refractivity contribution >= 4 is 11.6 Å². The Morgan fingerprint density at radius 2 is 1.86 bits per heavy atom. The smallest absolute Gasteiger partial charge is 0.255 e. The molecule has 0 atom stereocenters. The summed E-state index contributed by atoms with van der Waals surface area (Å²) in [6.45, 7) is -1.07. The van der Waals surface area contributed by atoms with Gasteiger partial charge in [-0.05, 0) is 35.9 Å². The predicted molar refractivity (Wildman–Crippen MR) is 105 cm³/mol. The van der Waals surface area contributed by atoms with Gasteiger partial charge in [-0.15, -0.1) is 5.10 Å². The summed E-state index contributed by atoms with van der Waals surface area (Å²) in [4.78, 5) is 15.8. The number of hydrogen-bond acceptors (Lipinski definition) is 4. The Labute approximate surface area is 160 Å². The number of anilines is 1. The number of rotatable bonds is 5. The van der Waals surface area contributed by atoms with Crippen molar-refractivity contribution in [3.63, 3.8) is 0 Å². The molecule has 0 spiro atoms. The number of para-hydroxylation sites is 1. The topological polar surface area (TPSA) is 72.7 Å². The van der Waals surface area contributed by atoms with Crippen molar-refractivity contribution in [2.24, 2.45) is 0 Å². The molecule has 0 aliphatic carbocycles. The van der Waals surface area contributed by atoms with E-state index in [4.69, 9.17) is 0 Å². The molecule has 6 nitrogen and oxygen atoms in total. The Hall–Kier alpha value is -3.87. The summed E-state index contributed by atoms with van der Waals surface area (Å²) in [5.41, 5.74) is 4.41. The molecule has 138 valence electrons. The second kappa shape index (κ2) is 7.79. The van der Waals surface area contributed by atoms with E-state index in [1.807, 2.05) is 54.6 Å². The largest absolute Gasteiger partial charge is 0.323 e. The summed E-state index contributed by atoms with van der Waals surface area (Å²) in [5, 5.41) is 11.0. The summed E-state index contributed by atoms with van der Waals surface area (Å²) >= 11 is 0. The maximum Gasteiger partial charge on any atom is 0.255 e. The second-order valence-electron chi connectivity index (χ2n) is 6.04. The molecule has 4 aromatic rings. The van der Waals surface area contributed by atoms with Crippen LogP contribution in [0.4, 0.5) is 10.1 Å². The van der Waals surface area contributed by atoms with Gasteiger partial charge in [0.1, 0.15) is 5.69 Å². The average molecular weight is 373 g/mol. The van der Waals surface area contributed by atoms with Gasteiger partial charge in [0, 0.05) is 17.4 Å². The molecular formula is C21H16FN5O. The maximum absolute atomic E-state index is 12.6. The van der Waals surface area contributed by atoms with Gasteiger partial charge in [-0.25, -0.2) is 9.07 Å². The highest BCUT2D eigenvalue weighted by atomic mass is 19.1. The number of nitrogens with zero attached hydrogens (tertiary/aromatic N) is 4. The number of nitrogens with one attached hydrogen (secondary N) is 1. The quantitative estimate of drug-likeness (QED) is 0.576. The van der Waals surface area contributed by atoms with Crippen molar-refractivity contribution in [3.8, 4) is 28.2 Å². The lowest BCUT2D eigenvalue weighted by atomic mass is 10.0. The van der Waals surface area contributed by atoms with Gasteiger partial charge in [0.2, 0.25) is 0 Å². The molecule has 4 rings (SSSR count). The zero-order chi connectivity index (χ0) is 19.3. The van der Waals surface area contributed by atoms with Crippen LogP contribution < -0.4 is 5.32 Å². The van der Waals surface area contributed by atoms with Gasteiger partial charge in [-0.2, -0.15) is 0 Å². The minimum atomic E-state index is -1.07.